The number of pyridine rings is 1. The van der Waals surface area contributed by atoms with E-state index in [-0.39, 0.29) is 0 Å². The number of nitrogens with one attached hydrogen (secondary N) is 1. The van der Waals surface area contributed by atoms with Crippen molar-refractivity contribution in [3.8, 4) is 0 Å². The van der Waals surface area contributed by atoms with Gasteiger partial charge in [-0.15, -0.1) is 0 Å². The molecule has 2 aromatic rings. The van der Waals surface area contributed by atoms with Crippen LogP contribution in [-0.2, 0) is 13.1 Å². The van der Waals surface area contributed by atoms with Crippen LogP contribution in [0.2, 0.25) is 0 Å². The topological polar surface area (TPSA) is 53.9 Å². The predicted molar refractivity (Wildman–Crippen MR) is 75.6 cm³/mol. The van der Waals surface area contributed by atoms with Crippen molar-refractivity contribution in [2.45, 2.75) is 20.0 Å². The first kappa shape index (κ1) is 13.4. The van der Waals surface area contributed by atoms with Crippen LogP contribution in [0.3, 0.4) is 0 Å². The van der Waals surface area contributed by atoms with Gasteiger partial charge in [0.25, 0.3) is 0 Å². The lowest BCUT2D eigenvalue weighted by Gasteiger charge is -2.15. The van der Waals surface area contributed by atoms with Crippen LogP contribution < -0.4 is 5.32 Å². The van der Waals surface area contributed by atoms with Crippen LogP contribution >= 0.6 is 0 Å². The van der Waals surface area contributed by atoms with E-state index < -0.39 is 0 Å². The molecule has 0 fully saturated rings. The molecule has 0 spiro atoms. The van der Waals surface area contributed by atoms with Gasteiger partial charge in [-0.2, -0.15) is 0 Å². The lowest BCUT2D eigenvalue weighted by atomic mass is 10.3. The van der Waals surface area contributed by atoms with Gasteiger partial charge in [0.15, 0.2) is 0 Å². The lowest BCUT2D eigenvalue weighted by Crippen LogP contribution is -2.18. The first-order valence-electron chi connectivity index (χ1n) is 6.41. The van der Waals surface area contributed by atoms with Crippen LogP contribution in [0.25, 0.3) is 0 Å². The largest absolute Gasteiger partial charge is 0.369 e. The summed E-state index contributed by atoms with van der Waals surface area (Å²) in [5.41, 5.74) is 2.02. The summed E-state index contributed by atoms with van der Waals surface area (Å²) in [5.74, 6) is 0.818. The van der Waals surface area contributed by atoms with Gasteiger partial charge in [0.1, 0.15) is 5.82 Å². The van der Waals surface area contributed by atoms with E-state index in [1.165, 1.54) is 0 Å². The van der Waals surface area contributed by atoms with E-state index in [2.05, 4.69) is 32.2 Å². The standard InChI is InChI=1S/C14H19N5/c1-3-15-14-9-17-13(8-18-14)11-19(2)10-12-6-4-5-7-16-12/h4-9H,3,10-11H2,1-2H3,(H,15,18). The van der Waals surface area contributed by atoms with E-state index in [0.29, 0.717) is 0 Å². The zero-order valence-electron chi connectivity index (χ0n) is 11.4. The van der Waals surface area contributed by atoms with Crippen molar-refractivity contribution in [3.63, 3.8) is 0 Å². The monoisotopic (exact) mass is 257 g/mol. The molecule has 0 aliphatic carbocycles. The molecule has 0 aromatic carbocycles. The van der Waals surface area contributed by atoms with Crippen LogP contribution in [0.4, 0.5) is 5.82 Å². The van der Waals surface area contributed by atoms with Gasteiger partial charge >= 0.3 is 0 Å². The Balaban J connectivity index is 1.89. The molecule has 0 bridgehead atoms. The zero-order valence-corrected chi connectivity index (χ0v) is 11.4. The van der Waals surface area contributed by atoms with E-state index in [1.807, 2.05) is 37.5 Å². The molecular formula is C14H19N5. The van der Waals surface area contributed by atoms with Crippen LogP contribution in [0.5, 0.6) is 0 Å². The van der Waals surface area contributed by atoms with Crippen LogP contribution in [0, 0.1) is 0 Å². The Bertz CT molecular complexity index is 483. The van der Waals surface area contributed by atoms with Gasteiger partial charge in [0.05, 0.1) is 23.8 Å². The number of hydrogen-bond donors (Lipinski definition) is 1. The first-order chi connectivity index (χ1) is 9.28. The second-order valence-corrected chi connectivity index (χ2v) is 4.42. The fourth-order valence-electron chi connectivity index (χ4n) is 1.81. The molecule has 5 heteroatoms. The van der Waals surface area contributed by atoms with Gasteiger partial charge in [-0.3, -0.25) is 14.9 Å². The molecule has 5 nitrogen and oxygen atoms in total. The summed E-state index contributed by atoms with van der Waals surface area (Å²) in [4.78, 5) is 15.2. The third-order valence-corrected chi connectivity index (χ3v) is 2.65. The molecule has 0 amide bonds. The van der Waals surface area contributed by atoms with Crippen molar-refractivity contribution in [1.29, 1.82) is 0 Å². The minimum absolute atomic E-state index is 0.760. The minimum atomic E-state index is 0.760. The molecule has 2 aromatic heterocycles. The van der Waals surface area contributed by atoms with Gasteiger partial charge < -0.3 is 5.32 Å². The molecule has 100 valence electrons. The quantitative estimate of drug-likeness (QED) is 0.857. The molecule has 0 saturated heterocycles. The van der Waals surface area contributed by atoms with E-state index in [1.54, 1.807) is 6.20 Å². The molecule has 0 radical (unpaired) electrons. The molecule has 2 rings (SSSR count). The summed E-state index contributed by atoms with van der Waals surface area (Å²) in [6, 6.07) is 5.95. The Kier molecular flexibility index (Phi) is 4.80. The number of anilines is 1. The fourth-order valence-corrected chi connectivity index (χ4v) is 1.81. The normalized spacial score (nSPS) is 10.7. The summed E-state index contributed by atoms with van der Waals surface area (Å²) in [6.45, 7) is 4.46. The highest BCUT2D eigenvalue weighted by molar-refractivity contribution is 5.30. The molecule has 19 heavy (non-hydrogen) atoms. The third-order valence-electron chi connectivity index (χ3n) is 2.65. The molecule has 0 aliphatic rings. The fraction of sp³-hybridized carbons (Fsp3) is 0.357. The molecular weight excluding hydrogens is 238 g/mol. The van der Waals surface area contributed by atoms with Crippen molar-refractivity contribution in [3.05, 3.63) is 48.2 Å². The second kappa shape index (κ2) is 6.80. The Morgan fingerprint density at radius 1 is 1.05 bits per heavy atom. The summed E-state index contributed by atoms with van der Waals surface area (Å²) < 4.78 is 0. The highest BCUT2D eigenvalue weighted by Gasteiger charge is 2.04. The van der Waals surface area contributed by atoms with Gasteiger partial charge in [-0.25, -0.2) is 4.98 Å². The number of aromatic nitrogens is 3. The van der Waals surface area contributed by atoms with Crippen LogP contribution in [0.1, 0.15) is 18.3 Å². The second-order valence-electron chi connectivity index (χ2n) is 4.42. The third kappa shape index (κ3) is 4.30. The Morgan fingerprint density at radius 2 is 1.89 bits per heavy atom. The van der Waals surface area contributed by atoms with Crippen molar-refractivity contribution in [1.82, 2.24) is 19.9 Å². The van der Waals surface area contributed by atoms with Crippen LogP contribution in [-0.4, -0.2) is 33.4 Å². The number of nitrogens with zero attached hydrogens (tertiary/aromatic N) is 4. The average molecular weight is 257 g/mol. The van der Waals surface area contributed by atoms with E-state index in [9.17, 15) is 0 Å². The van der Waals surface area contributed by atoms with E-state index >= 15 is 0 Å². The summed E-state index contributed by atoms with van der Waals surface area (Å²) in [5, 5.41) is 3.13. The number of hydrogen-bond acceptors (Lipinski definition) is 5. The highest BCUT2D eigenvalue weighted by Crippen LogP contribution is 2.05. The van der Waals surface area contributed by atoms with Crippen molar-refractivity contribution < 1.29 is 0 Å². The van der Waals surface area contributed by atoms with Crippen molar-refractivity contribution in [2.24, 2.45) is 0 Å². The Labute approximate surface area is 113 Å². The van der Waals surface area contributed by atoms with Gasteiger partial charge in [-0.05, 0) is 26.1 Å². The van der Waals surface area contributed by atoms with Gasteiger partial charge in [0, 0.05) is 25.8 Å². The van der Waals surface area contributed by atoms with Crippen molar-refractivity contribution >= 4 is 5.82 Å². The molecule has 0 atom stereocenters. The summed E-state index contributed by atoms with van der Waals surface area (Å²) >= 11 is 0. The Morgan fingerprint density at radius 3 is 2.53 bits per heavy atom. The minimum Gasteiger partial charge on any atom is -0.369 e. The van der Waals surface area contributed by atoms with Gasteiger partial charge in [0.2, 0.25) is 0 Å². The number of rotatable bonds is 6. The van der Waals surface area contributed by atoms with E-state index in [4.69, 9.17) is 0 Å². The SMILES string of the molecule is CCNc1cnc(CN(C)Cc2ccccn2)cn1. The maximum atomic E-state index is 4.39. The van der Waals surface area contributed by atoms with Gasteiger partial charge in [-0.1, -0.05) is 6.07 Å². The highest BCUT2D eigenvalue weighted by atomic mass is 15.1. The summed E-state index contributed by atoms with van der Waals surface area (Å²) in [6.07, 6.45) is 5.40. The maximum absolute atomic E-state index is 4.39. The Hall–Kier alpha value is -2.01. The smallest absolute Gasteiger partial charge is 0.144 e. The molecule has 2 heterocycles. The predicted octanol–water partition coefficient (Wildman–Crippen LogP) is 1.94. The van der Waals surface area contributed by atoms with E-state index in [0.717, 1.165) is 36.8 Å². The zero-order chi connectivity index (χ0) is 13.5. The molecule has 0 aliphatic heterocycles. The van der Waals surface area contributed by atoms with Crippen molar-refractivity contribution in [2.75, 3.05) is 18.9 Å². The van der Waals surface area contributed by atoms with Crippen LogP contribution in [0.15, 0.2) is 36.8 Å². The molecule has 0 unspecified atom stereocenters. The maximum Gasteiger partial charge on any atom is 0.144 e. The molecule has 1 N–H and O–H groups in total. The first-order valence-corrected chi connectivity index (χ1v) is 6.41. The molecule has 0 saturated carbocycles. The average Bonchev–Trinajstić information content (AvgIpc) is 2.42. The lowest BCUT2D eigenvalue weighted by molar-refractivity contribution is 0.311. The summed E-state index contributed by atoms with van der Waals surface area (Å²) in [7, 11) is 2.05.